The van der Waals surface area contributed by atoms with Gasteiger partial charge in [-0.05, 0) is 85.1 Å². The van der Waals surface area contributed by atoms with Crippen molar-refractivity contribution in [3.05, 3.63) is 54.4 Å². The second kappa shape index (κ2) is 8.73. The standard InChI is InChI=1S/C24H27N3.C2HF3O2/c1-3-20(21-5-6-22-23(10-21)26-15-25-22)4-2-16(1)14-27-24-11-17-7-18(12-24)9-19(8-17)13-24;3-2(4,5)1(6)7/h1-6,10,15,17-19,27H,7-9,11-14H2,(H,25,26);(H,6,7). The van der Waals surface area contributed by atoms with Crippen LogP contribution in [0.2, 0.25) is 0 Å². The molecule has 8 heteroatoms. The second-order valence-electron chi connectivity index (χ2n) is 10.2. The molecular weight excluding hydrogens is 443 g/mol. The van der Waals surface area contributed by atoms with Gasteiger partial charge in [-0.25, -0.2) is 9.78 Å². The number of aromatic nitrogens is 2. The Morgan fingerprint density at radius 1 is 1.00 bits per heavy atom. The van der Waals surface area contributed by atoms with Crippen molar-refractivity contribution in [1.82, 2.24) is 15.3 Å². The lowest BCUT2D eigenvalue weighted by Crippen LogP contribution is -2.58. The van der Waals surface area contributed by atoms with Crippen molar-refractivity contribution in [2.45, 2.75) is 56.8 Å². The number of nitrogens with one attached hydrogen (secondary N) is 2. The number of carboxylic acids is 1. The van der Waals surface area contributed by atoms with Gasteiger partial charge in [-0.2, -0.15) is 13.2 Å². The highest BCUT2D eigenvalue weighted by Crippen LogP contribution is 2.55. The number of fused-ring (bicyclic) bond motifs is 1. The minimum absolute atomic E-state index is 0.444. The van der Waals surface area contributed by atoms with Gasteiger partial charge in [-0.3, -0.25) is 0 Å². The minimum Gasteiger partial charge on any atom is -0.475 e. The number of halogens is 3. The largest absolute Gasteiger partial charge is 0.490 e. The zero-order valence-electron chi connectivity index (χ0n) is 18.7. The highest BCUT2D eigenvalue weighted by Gasteiger charge is 2.50. The molecule has 34 heavy (non-hydrogen) atoms. The van der Waals surface area contributed by atoms with E-state index in [1.807, 2.05) is 0 Å². The molecular formula is C26H28F3N3O2. The summed E-state index contributed by atoms with van der Waals surface area (Å²) in [6, 6.07) is 15.5. The lowest BCUT2D eigenvalue weighted by Gasteiger charge is -2.57. The van der Waals surface area contributed by atoms with Gasteiger partial charge in [-0.1, -0.05) is 30.3 Å². The smallest absolute Gasteiger partial charge is 0.475 e. The van der Waals surface area contributed by atoms with E-state index in [-0.39, 0.29) is 0 Å². The van der Waals surface area contributed by atoms with Gasteiger partial charge in [0, 0.05) is 12.1 Å². The number of hydrogen-bond donors (Lipinski definition) is 3. The van der Waals surface area contributed by atoms with E-state index in [4.69, 9.17) is 9.90 Å². The van der Waals surface area contributed by atoms with E-state index >= 15 is 0 Å². The zero-order valence-corrected chi connectivity index (χ0v) is 18.7. The van der Waals surface area contributed by atoms with E-state index in [9.17, 15) is 13.2 Å². The maximum atomic E-state index is 10.6. The number of carboxylic acid groups (broad SMARTS) is 1. The van der Waals surface area contributed by atoms with Crippen LogP contribution in [-0.2, 0) is 11.3 Å². The molecule has 180 valence electrons. The number of aromatic amines is 1. The summed E-state index contributed by atoms with van der Waals surface area (Å²) in [4.78, 5) is 16.4. The molecule has 3 N–H and O–H groups in total. The minimum atomic E-state index is -5.08. The summed E-state index contributed by atoms with van der Waals surface area (Å²) < 4.78 is 31.7. The number of benzene rings is 2. The quantitative estimate of drug-likeness (QED) is 0.441. The number of imidazole rings is 1. The first-order chi connectivity index (χ1) is 16.2. The van der Waals surface area contributed by atoms with Gasteiger partial charge in [0.1, 0.15) is 0 Å². The highest BCUT2D eigenvalue weighted by atomic mass is 19.4. The molecule has 0 aliphatic heterocycles. The van der Waals surface area contributed by atoms with Crippen LogP contribution in [-0.4, -0.2) is 32.8 Å². The van der Waals surface area contributed by atoms with Crippen LogP contribution in [0.4, 0.5) is 13.2 Å². The third kappa shape index (κ3) is 4.82. The van der Waals surface area contributed by atoms with Gasteiger partial charge in [0.15, 0.2) is 0 Å². The first-order valence-corrected chi connectivity index (χ1v) is 11.8. The molecule has 0 amide bonds. The summed E-state index contributed by atoms with van der Waals surface area (Å²) >= 11 is 0. The van der Waals surface area contributed by atoms with Gasteiger partial charge in [-0.15, -0.1) is 0 Å². The fraction of sp³-hybridized carbons (Fsp3) is 0.462. The maximum absolute atomic E-state index is 10.6. The topological polar surface area (TPSA) is 78.0 Å². The normalized spacial score (nSPS) is 27.4. The van der Waals surface area contributed by atoms with E-state index in [1.165, 1.54) is 55.2 Å². The number of carbonyl (C=O) groups is 1. The summed E-state index contributed by atoms with van der Waals surface area (Å²) in [6.45, 7) is 1.01. The van der Waals surface area contributed by atoms with E-state index in [0.29, 0.717) is 5.54 Å². The van der Waals surface area contributed by atoms with Crippen molar-refractivity contribution >= 4 is 17.0 Å². The molecule has 4 aliphatic carbocycles. The van der Waals surface area contributed by atoms with Crippen molar-refractivity contribution in [2.75, 3.05) is 0 Å². The molecule has 4 bridgehead atoms. The Morgan fingerprint density at radius 2 is 1.56 bits per heavy atom. The Kier molecular flexibility index (Phi) is 5.88. The van der Waals surface area contributed by atoms with Gasteiger partial charge < -0.3 is 15.4 Å². The Balaban J connectivity index is 0.000000304. The van der Waals surface area contributed by atoms with E-state index in [1.54, 1.807) is 6.33 Å². The molecule has 1 heterocycles. The zero-order chi connectivity index (χ0) is 23.9. The molecule has 5 nitrogen and oxygen atoms in total. The first-order valence-electron chi connectivity index (χ1n) is 11.8. The molecule has 3 aromatic rings. The Bertz CT molecular complexity index is 1130. The SMILES string of the molecule is O=C(O)C(F)(F)F.c1nc2ccc(-c3ccc(CNC45CC6CC(CC(C6)C4)C5)cc3)cc2[nH]1. The predicted molar refractivity (Wildman–Crippen MR) is 123 cm³/mol. The highest BCUT2D eigenvalue weighted by molar-refractivity contribution is 5.81. The number of rotatable bonds is 4. The van der Waals surface area contributed by atoms with Crippen LogP contribution in [0, 0.1) is 17.8 Å². The summed E-state index contributed by atoms with van der Waals surface area (Å²) in [5.74, 6) is 0.253. The fourth-order valence-electron chi connectivity index (χ4n) is 6.55. The number of aliphatic carboxylic acids is 1. The molecule has 4 fully saturated rings. The monoisotopic (exact) mass is 471 g/mol. The van der Waals surface area contributed by atoms with E-state index in [2.05, 4.69) is 57.7 Å². The number of nitrogens with zero attached hydrogens (tertiary/aromatic N) is 1. The lowest BCUT2D eigenvalue weighted by molar-refractivity contribution is -0.192. The molecule has 0 unspecified atom stereocenters. The van der Waals surface area contributed by atoms with Crippen molar-refractivity contribution < 1.29 is 23.1 Å². The number of H-pyrrole nitrogens is 1. The number of alkyl halides is 3. The molecule has 0 saturated heterocycles. The van der Waals surface area contributed by atoms with E-state index < -0.39 is 12.1 Å². The maximum Gasteiger partial charge on any atom is 0.490 e. The first kappa shape index (κ1) is 22.9. The average molecular weight is 472 g/mol. The van der Waals surface area contributed by atoms with E-state index in [0.717, 1.165) is 35.3 Å². The molecule has 0 spiro atoms. The van der Waals surface area contributed by atoms with Gasteiger partial charge in [0.05, 0.1) is 17.4 Å². The van der Waals surface area contributed by atoms with Crippen LogP contribution in [0.25, 0.3) is 22.2 Å². The van der Waals surface area contributed by atoms with Crippen LogP contribution >= 0.6 is 0 Å². The van der Waals surface area contributed by atoms with Crippen molar-refractivity contribution in [3.63, 3.8) is 0 Å². The second-order valence-corrected chi connectivity index (χ2v) is 10.2. The molecule has 7 rings (SSSR count). The van der Waals surface area contributed by atoms with Crippen LogP contribution < -0.4 is 5.32 Å². The number of hydrogen-bond acceptors (Lipinski definition) is 3. The molecule has 2 aromatic carbocycles. The van der Waals surface area contributed by atoms with Crippen LogP contribution in [0.1, 0.15) is 44.1 Å². The van der Waals surface area contributed by atoms with Gasteiger partial charge in [0.2, 0.25) is 0 Å². The predicted octanol–water partition coefficient (Wildman–Crippen LogP) is 5.92. The molecule has 4 saturated carbocycles. The Morgan fingerprint density at radius 3 is 2.12 bits per heavy atom. The van der Waals surface area contributed by atoms with Crippen LogP contribution in [0.3, 0.4) is 0 Å². The average Bonchev–Trinajstić information content (AvgIpc) is 3.25. The third-order valence-corrected chi connectivity index (χ3v) is 7.66. The van der Waals surface area contributed by atoms with Crippen LogP contribution in [0.15, 0.2) is 48.8 Å². The van der Waals surface area contributed by atoms with Crippen molar-refractivity contribution in [1.29, 1.82) is 0 Å². The summed E-state index contributed by atoms with van der Waals surface area (Å²) in [5.41, 5.74) is 6.48. The Labute approximate surface area is 195 Å². The lowest BCUT2D eigenvalue weighted by atomic mass is 9.53. The third-order valence-electron chi connectivity index (χ3n) is 7.66. The molecule has 1 aromatic heterocycles. The summed E-state index contributed by atoms with van der Waals surface area (Å²) in [7, 11) is 0. The van der Waals surface area contributed by atoms with Crippen molar-refractivity contribution in [2.24, 2.45) is 17.8 Å². The Hall–Kier alpha value is -2.87. The fourth-order valence-corrected chi connectivity index (χ4v) is 6.55. The van der Waals surface area contributed by atoms with Gasteiger partial charge >= 0.3 is 12.1 Å². The molecule has 4 aliphatic rings. The van der Waals surface area contributed by atoms with Crippen molar-refractivity contribution in [3.8, 4) is 11.1 Å². The summed E-state index contributed by atoms with van der Waals surface area (Å²) in [5, 5.41) is 11.1. The summed E-state index contributed by atoms with van der Waals surface area (Å²) in [6.07, 6.45) is 5.46. The molecule has 0 atom stereocenters. The van der Waals surface area contributed by atoms with Gasteiger partial charge in [0.25, 0.3) is 0 Å². The van der Waals surface area contributed by atoms with Crippen LogP contribution in [0.5, 0.6) is 0 Å². The molecule has 0 radical (unpaired) electrons.